The number of nitrogens with zero attached hydrogens (tertiary/aromatic N) is 1. The molecule has 1 aliphatic heterocycles. The highest BCUT2D eigenvalue weighted by atomic mass is 19.3. The number of hydrogen-bond acceptors (Lipinski definition) is 2. The second kappa shape index (κ2) is 4.05. The van der Waals surface area contributed by atoms with E-state index in [1.165, 1.54) is 6.20 Å². The van der Waals surface area contributed by atoms with Gasteiger partial charge in [0.2, 0.25) is 0 Å². The molecule has 0 saturated carbocycles. The Hall–Kier alpha value is -0.640. The normalized spacial score (nSPS) is 28.5. The number of hydrogen-bond donors (Lipinski definition) is 1. The maximum absolute atomic E-state index is 12.5. The van der Waals surface area contributed by atoms with E-state index in [1.54, 1.807) is 0 Å². The summed E-state index contributed by atoms with van der Waals surface area (Å²) in [5.74, 6) is 0.0315. The molecule has 2 atom stereocenters. The lowest BCUT2D eigenvalue weighted by molar-refractivity contribution is -0.0202. The molecule has 4 heteroatoms. The third kappa shape index (κ3) is 1.82. The van der Waals surface area contributed by atoms with Crippen LogP contribution in [0.2, 0.25) is 0 Å². The average Bonchev–Trinajstić information content (AvgIpc) is 2.42. The molecule has 0 radical (unpaired) electrons. The fourth-order valence-corrected chi connectivity index (χ4v) is 1.86. The summed E-state index contributed by atoms with van der Waals surface area (Å²) in [6.07, 6.45) is 2.06. The molecular formula is C9H15F2NO. The molecule has 0 bridgehead atoms. The fraction of sp³-hybridized carbons (Fsp3) is 0.778. The van der Waals surface area contributed by atoms with Gasteiger partial charge in [0.25, 0.3) is 0 Å². The van der Waals surface area contributed by atoms with Gasteiger partial charge in [-0.05, 0) is 12.0 Å². The van der Waals surface area contributed by atoms with E-state index < -0.39 is 6.55 Å². The molecule has 0 aromatic rings. The lowest BCUT2D eigenvalue weighted by atomic mass is 9.96. The standard InChI is InChI=1S/C9H15F2NO/c1-3-8-6(2)7(5-13)4-12(8)9(10)11/h4,6,8-9,13H,3,5H2,1-2H3. The van der Waals surface area contributed by atoms with Crippen LogP contribution in [0, 0.1) is 5.92 Å². The van der Waals surface area contributed by atoms with Crippen molar-refractivity contribution in [2.24, 2.45) is 5.92 Å². The molecule has 0 amide bonds. The van der Waals surface area contributed by atoms with Gasteiger partial charge >= 0.3 is 6.55 Å². The maximum Gasteiger partial charge on any atom is 0.315 e. The lowest BCUT2D eigenvalue weighted by Crippen LogP contribution is -2.34. The molecule has 0 spiro atoms. The van der Waals surface area contributed by atoms with Crippen molar-refractivity contribution in [3.63, 3.8) is 0 Å². The van der Waals surface area contributed by atoms with E-state index in [-0.39, 0.29) is 18.6 Å². The van der Waals surface area contributed by atoms with Gasteiger partial charge in [0.15, 0.2) is 0 Å². The summed E-state index contributed by atoms with van der Waals surface area (Å²) in [5.41, 5.74) is 0.701. The summed E-state index contributed by atoms with van der Waals surface area (Å²) >= 11 is 0. The molecule has 1 heterocycles. The quantitative estimate of drug-likeness (QED) is 0.688. The summed E-state index contributed by atoms with van der Waals surface area (Å²) in [7, 11) is 0. The van der Waals surface area contributed by atoms with Gasteiger partial charge < -0.3 is 10.0 Å². The molecular weight excluding hydrogens is 176 g/mol. The van der Waals surface area contributed by atoms with Crippen molar-refractivity contribution in [3.05, 3.63) is 11.8 Å². The summed E-state index contributed by atoms with van der Waals surface area (Å²) in [4.78, 5) is 1.04. The van der Waals surface area contributed by atoms with Gasteiger partial charge in [-0.2, -0.15) is 8.78 Å². The molecule has 0 aromatic carbocycles. The van der Waals surface area contributed by atoms with E-state index in [1.807, 2.05) is 13.8 Å². The number of halogens is 2. The van der Waals surface area contributed by atoms with E-state index in [4.69, 9.17) is 5.11 Å². The third-order valence-electron chi connectivity index (χ3n) is 2.69. The monoisotopic (exact) mass is 191 g/mol. The van der Waals surface area contributed by atoms with Crippen molar-refractivity contribution in [1.82, 2.24) is 4.90 Å². The first-order chi connectivity index (χ1) is 6.11. The van der Waals surface area contributed by atoms with Crippen molar-refractivity contribution in [2.45, 2.75) is 32.9 Å². The van der Waals surface area contributed by atoms with Crippen molar-refractivity contribution >= 4 is 0 Å². The largest absolute Gasteiger partial charge is 0.392 e. The van der Waals surface area contributed by atoms with E-state index in [0.29, 0.717) is 12.0 Å². The molecule has 0 fully saturated rings. The van der Waals surface area contributed by atoms with Gasteiger partial charge in [-0.1, -0.05) is 13.8 Å². The maximum atomic E-state index is 12.5. The van der Waals surface area contributed by atoms with Gasteiger partial charge in [0, 0.05) is 18.2 Å². The zero-order valence-corrected chi connectivity index (χ0v) is 7.87. The number of aliphatic hydroxyl groups excluding tert-OH is 1. The van der Waals surface area contributed by atoms with Crippen LogP contribution in [0.3, 0.4) is 0 Å². The molecule has 1 aliphatic rings. The molecule has 1 N–H and O–H groups in total. The molecule has 76 valence electrons. The highest BCUT2D eigenvalue weighted by Crippen LogP contribution is 2.31. The van der Waals surface area contributed by atoms with Gasteiger partial charge in [-0.3, -0.25) is 0 Å². The minimum atomic E-state index is -2.46. The molecule has 2 unspecified atom stereocenters. The summed E-state index contributed by atoms with van der Waals surface area (Å²) in [6, 6.07) is -0.165. The van der Waals surface area contributed by atoms with Gasteiger partial charge in [-0.15, -0.1) is 0 Å². The molecule has 0 saturated heterocycles. The predicted octanol–water partition coefficient (Wildman–Crippen LogP) is 1.82. The van der Waals surface area contributed by atoms with Crippen LogP contribution in [0.25, 0.3) is 0 Å². The van der Waals surface area contributed by atoms with Crippen molar-refractivity contribution in [2.75, 3.05) is 6.61 Å². The van der Waals surface area contributed by atoms with Crippen molar-refractivity contribution in [1.29, 1.82) is 0 Å². The van der Waals surface area contributed by atoms with Crippen LogP contribution >= 0.6 is 0 Å². The van der Waals surface area contributed by atoms with Gasteiger partial charge in [-0.25, -0.2) is 0 Å². The first-order valence-corrected chi connectivity index (χ1v) is 4.48. The predicted molar refractivity (Wildman–Crippen MR) is 46.3 cm³/mol. The first kappa shape index (κ1) is 10.4. The second-order valence-corrected chi connectivity index (χ2v) is 3.35. The van der Waals surface area contributed by atoms with Crippen molar-refractivity contribution < 1.29 is 13.9 Å². The Kier molecular flexibility index (Phi) is 3.25. The molecule has 13 heavy (non-hydrogen) atoms. The van der Waals surface area contributed by atoms with Gasteiger partial charge in [0.1, 0.15) is 0 Å². The Morgan fingerprint density at radius 3 is 2.54 bits per heavy atom. The van der Waals surface area contributed by atoms with Crippen LogP contribution in [0.5, 0.6) is 0 Å². The summed E-state index contributed by atoms with van der Waals surface area (Å²) in [6.45, 7) is 1.17. The first-order valence-electron chi connectivity index (χ1n) is 4.48. The lowest BCUT2D eigenvalue weighted by Gasteiger charge is -2.26. The Bertz CT molecular complexity index is 206. The number of aliphatic hydroxyl groups is 1. The highest BCUT2D eigenvalue weighted by molar-refractivity contribution is 5.16. The summed E-state index contributed by atoms with van der Waals surface area (Å²) in [5, 5.41) is 8.91. The Morgan fingerprint density at radius 1 is 1.62 bits per heavy atom. The smallest absolute Gasteiger partial charge is 0.315 e. The van der Waals surface area contributed by atoms with Crippen molar-refractivity contribution in [3.8, 4) is 0 Å². The van der Waals surface area contributed by atoms with Crippen LogP contribution in [0.15, 0.2) is 11.8 Å². The van der Waals surface area contributed by atoms with Crippen LogP contribution in [-0.2, 0) is 0 Å². The minimum Gasteiger partial charge on any atom is -0.392 e. The Labute approximate surface area is 76.8 Å². The SMILES string of the molecule is CCC1C(C)C(CO)=CN1C(F)F. The molecule has 1 rings (SSSR count). The van der Waals surface area contributed by atoms with Crippen LogP contribution < -0.4 is 0 Å². The zero-order chi connectivity index (χ0) is 10.0. The number of rotatable bonds is 3. The second-order valence-electron chi connectivity index (χ2n) is 3.35. The van der Waals surface area contributed by atoms with E-state index >= 15 is 0 Å². The highest BCUT2D eigenvalue weighted by Gasteiger charge is 2.34. The minimum absolute atomic E-state index is 0.0315. The fourth-order valence-electron chi connectivity index (χ4n) is 1.86. The van der Waals surface area contributed by atoms with Crippen LogP contribution in [-0.4, -0.2) is 29.2 Å². The molecule has 0 aliphatic carbocycles. The summed E-state index contributed by atoms with van der Waals surface area (Å²) < 4.78 is 24.9. The molecule has 0 aromatic heterocycles. The van der Waals surface area contributed by atoms with E-state index in [9.17, 15) is 8.78 Å². The third-order valence-corrected chi connectivity index (χ3v) is 2.69. The topological polar surface area (TPSA) is 23.5 Å². The van der Waals surface area contributed by atoms with E-state index in [0.717, 1.165) is 4.90 Å². The molecule has 2 nitrogen and oxygen atoms in total. The zero-order valence-electron chi connectivity index (χ0n) is 7.87. The average molecular weight is 191 g/mol. The Morgan fingerprint density at radius 2 is 2.23 bits per heavy atom. The van der Waals surface area contributed by atoms with Crippen LogP contribution in [0.1, 0.15) is 20.3 Å². The number of alkyl halides is 2. The Balaban J connectivity index is 2.78. The van der Waals surface area contributed by atoms with E-state index in [2.05, 4.69) is 0 Å². The van der Waals surface area contributed by atoms with Crippen LogP contribution in [0.4, 0.5) is 8.78 Å². The van der Waals surface area contributed by atoms with Gasteiger partial charge in [0.05, 0.1) is 6.61 Å².